The molecule has 0 radical (unpaired) electrons. The molecular formula is C33H31N3O4S. The maximum absolute atomic E-state index is 14.3. The van der Waals surface area contributed by atoms with Crippen molar-refractivity contribution in [1.82, 2.24) is 9.47 Å². The zero-order chi connectivity index (χ0) is 29.1. The van der Waals surface area contributed by atoms with Crippen LogP contribution in [0, 0.1) is 12.3 Å². The summed E-state index contributed by atoms with van der Waals surface area (Å²) in [6.45, 7) is 6.88. The van der Waals surface area contributed by atoms with E-state index < -0.39 is 6.04 Å². The Morgan fingerprint density at radius 1 is 1.10 bits per heavy atom. The minimum absolute atomic E-state index is 0.101. The van der Waals surface area contributed by atoms with Crippen molar-refractivity contribution in [2.45, 2.75) is 26.8 Å². The topological polar surface area (TPSA) is 73.1 Å². The fourth-order valence-corrected chi connectivity index (χ4v) is 6.29. The highest BCUT2D eigenvalue weighted by molar-refractivity contribution is 7.07. The average molecular weight is 566 g/mol. The minimum atomic E-state index is -0.706. The van der Waals surface area contributed by atoms with Crippen molar-refractivity contribution in [2.75, 3.05) is 26.8 Å². The number of ether oxygens (including phenoxy) is 2. The van der Waals surface area contributed by atoms with Gasteiger partial charge in [-0.1, -0.05) is 65.8 Å². The quantitative estimate of drug-likeness (QED) is 0.299. The van der Waals surface area contributed by atoms with Gasteiger partial charge in [0, 0.05) is 24.2 Å². The SMILES string of the molecule is C#CCOc1ccc2ccccc2c1/C=c1/sc2n(c1=O)[C@@H](c1ccccc1OC)C(C(=O)N(CC)CC)=C(C)N=2. The molecule has 8 heteroatoms. The Balaban J connectivity index is 1.80. The summed E-state index contributed by atoms with van der Waals surface area (Å²) in [6.07, 6.45) is 7.31. The second-order valence-electron chi connectivity index (χ2n) is 9.49. The van der Waals surface area contributed by atoms with Crippen molar-refractivity contribution in [3.8, 4) is 23.8 Å². The first kappa shape index (κ1) is 27.9. The number of rotatable bonds is 8. The number of amides is 1. The van der Waals surface area contributed by atoms with Crippen LogP contribution in [0.15, 0.2) is 81.7 Å². The summed E-state index contributed by atoms with van der Waals surface area (Å²) in [5, 5.41) is 1.94. The number of allylic oxidation sites excluding steroid dienone is 1. The van der Waals surface area contributed by atoms with Gasteiger partial charge in [0.15, 0.2) is 4.80 Å². The van der Waals surface area contributed by atoms with Crippen LogP contribution in [0.4, 0.5) is 0 Å². The van der Waals surface area contributed by atoms with Crippen LogP contribution in [0.5, 0.6) is 11.5 Å². The summed E-state index contributed by atoms with van der Waals surface area (Å²) in [6, 6.07) is 18.5. The van der Waals surface area contributed by atoms with E-state index in [1.807, 2.05) is 87.5 Å². The Hall–Kier alpha value is -4.61. The molecule has 7 nitrogen and oxygen atoms in total. The van der Waals surface area contributed by atoms with E-state index in [-0.39, 0.29) is 18.1 Å². The smallest absolute Gasteiger partial charge is 0.271 e. The maximum Gasteiger partial charge on any atom is 0.271 e. The molecule has 0 spiro atoms. The highest BCUT2D eigenvalue weighted by Gasteiger charge is 2.35. The first-order chi connectivity index (χ1) is 19.9. The van der Waals surface area contributed by atoms with Crippen LogP contribution < -0.4 is 24.4 Å². The third-order valence-electron chi connectivity index (χ3n) is 7.25. The van der Waals surface area contributed by atoms with Gasteiger partial charge in [-0.15, -0.1) is 6.42 Å². The molecule has 0 fully saturated rings. The van der Waals surface area contributed by atoms with E-state index in [0.717, 1.165) is 21.9 Å². The summed E-state index contributed by atoms with van der Waals surface area (Å²) < 4.78 is 13.7. The van der Waals surface area contributed by atoms with Gasteiger partial charge < -0.3 is 14.4 Å². The number of nitrogens with zero attached hydrogens (tertiary/aromatic N) is 3. The number of terminal acetylenes is 1. The minimum Gasteiger partial charge on any atom is -0.496 e. The monoisotopic (exact) mass is 565 g/mol. The number of aromatic nitrogens is 1. The number of hydrogen-bond acceptors (Lipinski definition) is 6. The van der Waals surface area contributed by atoms with E-state index >= 15 is 0 Å². The molecule has 5 rings (SSSR count). The van der Waals surface area contributed by atoms with Crippen LogP contribution in [0.1, 0.15) is 37.9 Å². The van der Waals surface area contributed by atoms with Gasteiger partial charge in [0.2, 0.25) is 0 Å². The number of fused-ring (bicyclic) bond motifs is 2. The maximum atomic E-state index is 14.3. The Kier molecular flexibility index (Phi) is 8.09. The summed E-state index contributed by atoms with van der Waals surface area (Å²) in [5.41, 5.74) is 2.26. The van der Waals surface area contributed by atoms with Gasteiger partial charge in [-0.3, -0.25) is 14.2 Å². The summed E-state index contributed by atoms with van der Waals surface area (Å²) in [5.74, 6) is 3.53. The number of para-hydroxylation sites is 1. The standard InChI is InChI=1S/C33H31N3O4S/c1-6-19-40-27-18-17-22-13-9-10-14-23(22)25(27)20-28-31(37)36-30(24-15-11-12-16-26(24)39-5)29(21(4)34-33(36)41-28)32(38)35(7-2)8-3/h1,9-18,20,30H,7-8,19H2,2-5H3/b28-20+/t30-/m0/s1. The average Bonchev–Trinajstić information content (AvgIpc) is 3.30. The van der Waals surface area contributed by atoms with Crippen LogP contribution in [0.2, 0.25) is 0 Å². The van der Waals surface area contributed by atoms with Crippen molar-refractivity contribution >= 4 is 34.1 Å². The molecule has 0 saturated heterocycles. The molecule has 0 N–H and O–H groups in total. The zero-order valence-corrected chi connectivity index (χ0v) is 24.3. The number of benzene rings is 3. The predicted octanol–water partition coefficient (Wildman–Crippen LogP) is 4.28. The molecule has 0 aliphatic carbocycles. The zero-order valence-electron chi connectivity index (χ0n) is 23.5. The number of methoxy groups -OCH3 is 1. The van der Waals surface area contributed by atoms with E-state index in [0.29, 0.717) is 45.2 Å². The van der Waals surface area contributed by atoms with Gasteiger partial charge in [0.25, 0.3) is 11.5 Å². The highest BCUT2D eigenvalue weighted by atomic mass is 32.1. The van der Waals surface area contributed by atoms with Crippen molar-refractivity contribution in [2.24, 2.45) is 4.99 Å². The van der Waals surface area contributed by atoms with Crippen molar-refractivity contribution in [3.63, 3.8) is 0 Å². The molecule has 1 aliphatic rings. The Bertz CT molecular complexity index is 1890. The molecule has 1 aliphatic heterocycles. The molecule has 1 amide bonds. The molecule has 0 bridgehead atoms. The van der Waals surface area contributed by atoms with Gasteiger partial charge in [-0.2, -0.15) is 0 Å². The van der Waals surface area contributed by atoms with Gasteiger partial charge >= 0.3 is 0 Å². The number of thiazole rings is 1. The van der Waals surface area contributed by atoms with Gasteiger partial charge in [0.1, 0.15) is 24.1 Å². The number of likely N-dealkylation sites (N-methyl/N-ethyl adjacent to an activating group) is 1. The number of carbonyl (C=O) groups excluding carboxylic acids is 1. The fraction of sp³-hybridized carbons (Fsp3) is 0.242. The molecule has 3 aromatic carbocycles. The molecule has 0 unspecified atom stereocenters. The molecule has 1 aromatic heterocycles. The van der Waals surface area contributed by atoms with Crippen molar-refractivity contribution < 1.29 is 14.3 Å². The van der Waals surface area contributed by atoms with Gasteiger partial charge in [-0.25, -0.2) is 4.99 Å². The van der Waals surface area contributed by atoms with Crippen LogP contribution in [-0.2, 0) is 4.79 Å². The molecule has 4 aromatic rings. The van der Waals surface area contributed by atoms with E-state index in [2.05, 4.69) is 5.92 Å². The Morgan fingerprint density at radius 2 is 1.83 bits per heavy atom. The highest BCUT2D eigenvalue weighted by Crippen LogP contribution is 2.36. The number of carbonyl (C=O) groups is 1. The lowest BCUT2D eigenvalue weighted by Crippen LogP contribution is -2.43. The van der Waals surface area contributed by atoms with E-state index in [4.69, 9.17) is 20.9 Å². The van der Waals surface area contributed by atoms with Crippen molar-refractivity contribution in [1.29, 1.82) is 0 Å². The first-order valence-corrected chi connectivity index (χ1v) is 14.3. The molecule has 1 atom stereocenters. The second-order valence-corrected chi connectivity index (χ2v) is 10.5. The Morgan fingerprint density at radius 3 is 2.56 bits per heavy atom. The van der Waals surface area contributed by atoms with Crippen molar-refractivity contribution in [3.05, 3.63) is 103 Å². The summed E-state index contributed by atoms with van der Waals surface area (Å²) in [7, 11) is 1.59. The summed E-state index contributed by atoms with van der Waals surface area (Å²) in [4.78, 5) is 35.2. The molecule has 41 heavy (non-hydrogen) atoms. The van der Waals surface area contributed by atoms with E-state index in [9.17, 15) is 9.59 Å². The normalized spacial score (nSPS) is 14.8. The first-order valence-electron chi connectivity index (χ1n) is 13.5. The largest absolute Gasteiger partial charge is 0.496 e. The lowest BCUT2D eigenvalue weighted by molar-refractivity contribution is -0.127. The second kappa shape index (κ2) is 11.9. The summed E-state index contributed by atoms with van der Waals surface area (Å²) >= 11 is 1.28. The number of hydrogen-bond donors (Lipinski definition) is 0. The molecule has 208 valence electrons. The third-order valence-corrected chi connectivity index (χ3v) is 8.24. The fourth-order valence-electron chi connectivity index (χ4n) is 5.26. The third kappa shape index (κ3) is 5.05. The lowest BCUT2D eigenvalue weighted by Gasteiger charge is -2.29. The molecule has 0 saturated carbocycles. The van der Waals surface area contributed by atoms with Crippen LogP contribution in [-0.4, -0.2) is 42.2 Å². The Labute approximate surface area is 242 Å². The molecular weight excluding hydrogens is 534 g/mol. The van der Waals surface area contributed by atoms with Gasteiger partial charge in [0.05, 0.1) is 22.9 Å². The molecule has 2 heterocycles. The van der Waals surface area contributed by atoms with Gasteiger partial charge in [-0.05, 0) is 49.8 Å². The van der Waals surface area contributed by atoms with Crippen LogP contribution >= 0.6 is 11.3 Å². The van der Waals surface area contributed by atoms with Crippen LogP contribution in [0.25, 0.3) is 16.8 Å². The lowest BCUT2D eigenvalue weighted by atomic mass is 9.94. The van der Waals surface area contributed by atoms with E-state index in [1.165, 1.54) is 11.3 Å². The predicted molar refractivity (Wildman–Crippen MR) is 163 cm³/mol. The van der Waals surface area contributed by atoms with E-state index in [1.54, 1.807) is 16.6 Å². The van der Waals surface area contributed by atoms with Crippen LogP contribution in [0.3, 0.4) is 0 Å².